The first-order valence-electron chi connectivity index (χ1n) is 6.16. The van der Waals surface area contributed by atoms with Crippen molar-refractivity contribution in [3.63, 3.8) is 0 Å². The maximum absolute atomic E-state index is 11.3. The van der Waals surface area contributed by atoms with E-state index in [1.807, 2.05) is 24.3 Å². The molecule has 3 rings (SSSR count). The van der Waals surface area contributed by atoms with E-state index in [1.165, 1.54) is 6.07 Å². The summed E-state index contributed by atoms with van der Waals surface area (Å²) in [6.45, 7) is 3.70. The van der Waals surface area contributed by atoms with Gasteiger partial charge in [-0.05, 0) is 12.1 Å². The number of fused-ring (bicyclic) bond motifs is 1. The molecule has 0 N–H and O–H groups in total. The number of benzene rings is 2. The zero-order valence-corrected chi connectivity index (χ0v) is 11.6. The Labute approximate surface area is 125 Å². The normalized spacial score (nSPS) is 10.7. The Balaban J connectivity index is 2.42. The number of aromatic nitrogens is 2. The molecule has 0 saturated heterocycles. The van der Waals surface area contributed by atoms with Gasteiger partial charge in [-0.3, -0.25) is 10.1 Å². The average Bonchev–Trinajstić information content (AvgIpc) is 2.85. The van der Waals surface area contributed by atoms with Crippen LogP contribution in [0.4, 0.5) is 5.69 Å². The van der Waals surface area contributed by atoms with E-state index in [0.717, 1.165) is 10.9 Å². The van der Waals surface area contributed by atoms with Gasteiger partial charge in [0.25, 0.3) is 5.69 Å². The van der Waals surface area contributed by atoms with Crippen molar-refractivity contribution in [3.8, 4) is 11.3 Å². The third-order valence-corrected chi connectivity index (χ3v) is 3.53. The number of hydrogen-bond donors (Lipinski definition) is 0. The fourth-order valence-electron chi connectivity index (χ4n) is 2.31. The number of para-hydroxylation sites is 1. The highest BCUT2D eigenvalue weighted by molar-refractivity contribution is 6.34. The van der Waals surface area contributed by atoms with E-state index in [-0.39, 0.29) is 5.69 Å². The minimum absolute atomic E-state index is 0.0676. The van der Waals surface area contributed by atoms with Gasteiger partial charge in [0.05, 0.1) is 21.0 Å². The molecule has 0 atom stereocenters. The number of nitro benzene ring substituents is 1. The summed E-state index contributed by atoms with van der Waals surface area (Å²) in [4.78, 5) is 10.8. The molecule has 0 fully saturated rings. The summed E-state index contributed by atoms with van der Waals surface area (Å²) >= 11 is 6.18. The third kappa shape index (κ3) is 2.08. The van der Waals surface area contributed by atoms with Crippen molar-refractivity contribution in [1.82, 2.24) is 9.78 Å². The lowest BCUT2D eigenvalue weighted by atomic mass is 10.1. The molecule has 0 bridgehead atoms. The summed E-state index contributed by atoms with van der Waals surface area (Å²) in [5, 5.41) is 16.7. The quantitative estimate of drug-likeness (QED) is 0.533. The molecule has 2 aromatic carbocycles. The standard InChI is InChI=1S/C15H10ClN3O2/c1-2-18-12-8-4-3-6-10(12)15(17-18)14-11(16)7-5-9-13(14)19(20)21/h2-9H,1H2. The van der Waals surface area contributed by atoms with Crippen LogP contribution in [0, 0.1) is 10.1 Å². The molecule has 21 heavy (non-hydrogen) atoms. The Hall–Kier alpha value is -2.66. The Morgan fingerprint density at radius 1 is 1.24 bits per heavy atom. The number of nitrogens with zero attached hydrogens (tertiary/aromatic N) is 3. The third-order valence-electron chi connectivity index (χ3n) is 3.21. The van der Waals surface area contributed by atoms with Crippen molar-refractivity contribution in [2.24, 2.45) is 0 Å². The van der Waals surface area contributed by atoms with Crippen LogP contribution in [-0.2, 0) is 0 Å². The van der Waals surface area contributed by atoms with Crippen LogP contribution >= 0.6 is 11.6 Å². The van der Waals surface area contributed by atoms with Gasteiger partial charge in [-0.2, -0.15) is 5.10 Å². The summed E-state index contributed by atoms with van der Waals surface area (Å²) in [5.41, 5.74) is 1.54. The molecule has 0 aliphatic rings. The van der Waals surface area contributed by atoms with Gasteiger partial charge >= 0.3 is 0 Å². The van der Waals surface area contributed by atoms with E-state index < -0.39 is 4.92 Å². The van der Waals surface area contributed by atoms with Crippen LogP contribution in [0.2, 0.25) is 5.02 Å². The largest absolute Gasteiger partial charge is 0.280 e. The summed E-state index contributed by atoms with van der Waals surface area (Å²) in [7, 11) is 0. The molecule has 1 aromatic heterocycles. The second kappa shape index (κ2) is 5.03. The predicted octanol–water partition coefficient (Wildman–Crippen LogP) is 4.37. The monoisotopic (exact) mass is 299 g/mol. The summed E-state index contributed by atoms with van der Waals surface area (Å²) < 4.78 is 1.58. The molecule has 0 aliphatic heterocycles. The molecule has 0 aliphatic carbocycles. The highest BCUT2D eigenvalue weighted by atomic mass is 35.5. The molecule has 0 spiro atoms. The van der Waals surface area contributed by atoms with Crippen LogP contribution in [0.1, 0.15) is 0 Å². The molecule has 1 heterocycles. The summed E-state index contributed by atoms with van der Waals surface area (Å²) in [5.74, 6) is 0. The molecule has 104 valence electrons. The second-order valence-corrected chi connectivity index (χ2v) is 4.79. The fraction of sp³-hybridized carbons (Fsp3) is 0. The van der Waals surface area contributed by atoms with Crippen molar-refractivity contribution >= 4 is 34.4 Å². The molecule has 6 heteroatoms. The topological polar surface area (TPSA) is 61.0 Å². The maximum atomic E-state index is 11.3. The van der Waals surface area contributed by atoms with Gasteiger partial charge in [0.15, 0.2) is 0 Å². The van der Waals surface area contributed by atoms with Gasteiger partial charge in [0, 0.05) is 17.7 Å². The predicted molar refractivity (Wildman–Crippen MR) is 83.2 cm³/mol. The van der Waals surface area contributed by atoms with Crippen LogP contribution in [-0.4, -0.2) is 14.7 Å². The van der Waals surface area contributed by atoms with Gasteiger partial charge < -0.3 is 0 Å². The lowest BCUT2D eigenvalue weighted by Gasteiger charge is -2.02. The Bertz CT molecular complexity index is 870. The molecule has 5 nitrogen and oxygen atoms in total. The fourth-order valence-corrected chi connectivity index (χ4v) is 2.57. The Kier molecular flexibility index (Phi) is 3.19. The highest BCUT2D eigenvalue weighted by Gasteiger charge is 2.23. The Morgan fingerprint density at radius 2 is 2.00 bits per heavy atom. The zero-order valence-electron chi connectivity index (χ0n) is 10.9. The van der Waals surface area contributed by atoms with E-state index in [0.29, 0.717) is 16.3 Å². The number of nitro groups is 1. The van der Waals surface area contributed by atoms with Crippen molar-refractivity contribution in [2.45, 2.75) is 0 Å². The van der Waals surface area contributed by atoms with Crippen molar-refractivity contribution in [3.05, 3.63) is 64.2 Å². The minimum Gasteiger partial charge on any atom is -0.258 e. The van der Waals surface area contributed by atoms with Crippen molar-refractivity contribution in [1.29, 1.82) is 0 Å². The highest BCUT2D eigenvalue weighted by Crippen LogP contribution is 2.39. The lowest BCUT2D eigenvalue weighted by molar-refractivity contribution is -0.384. The number of hydrogen-bond acceptors (Lipinski definition) is 3. The number of halogens is 1. The maximum Gasteiger partial charge on any atom is 0.280 e. The van der Waals surface area contributed by atoms with Crippen molar-refractivity contribution in [2.75, 3.05) is 0 Å². The smallest absolute Gasteiger partial charge is 0.258 e. The summed E-state index contributed by atoms with van der Waals surface area (Å²) in [6, 6.07) is 12.0. The van der Waals surface area contributed by atoms with Gasteiger partial charge in [0.1, 0.15) is 5.69 Å². The van der Waals surface area contributed by atoms with Gasteiger partial charge in [-0.15, -0.1) is 0 Å². The second-order valence-electron chi connectivity index (χ2n) is 4.38. The molecule has 0 saturated carbocycles. The first-order valence-corrected chi connectivity index (χ1v) is 6.54. The van der Waals surface area contributed by atoms with Gasteiger partial charge in [-0.1, -0.05) is 42.4 Å². The molecular formula is C15H10ClN3O2. The molecule has 0 unspecified atom stereocenters. The first kappa shape index (κ1) is 13.3. The van der Waals surface area contributed by atoms with Crippen LogP contribution < -0.4 is 0 Å². The molecule has 0 amide bonds. The van der Waals surface area contributed by atoms with E-state index in [1.54, 1.807) is 23.0 Å². The van der Waals surface area contributed by atoms with Gasteiger partial charge in [0.2, 0.25) is 0 Å². The van der Waals surface area contributed by atoms with E-state index in [2.05, 4.69) is 11.7 Å². The number of rotatable bonds is 3. The first-order chi connectivity index (χ1) is 10.1. The zero-order chi connectivity index (χ0) is 15.0. The van der Waals surface area contributed by atoms with Crippen molar-refractivity contribution < 1.29 is 4.92 Å². The SMILES string of the molecule is C=Cn1nc(-c2c(Cl)cccc2[N+](=O)[O-])c2ccccc21. The van der Waals surface area contributed by atoms with Crippen LogP contribution in [0.25, 0.3) is 28.4 Å². The van der Waals surface area contributed by atoms with E-state index in [4.69, 9.17) is 11.6 Å². The summed E-state index contributed by atoms with van der Waals surface area (Å²) in [6.07, 6.45) is 1.55. The molecule has 0 radical (unpaired) electrons. The van der Waals surface area contributed by atoms with Crippen LogP contribution in [0.15, 0.2) is 49.0 Å². The molecule has 3 aromatic rings. The Morgan fingerprint density at radius 3 is 2.71 bits per heavy atom. The lowest BCUT2D eigenvalue weighted by Crippen LogP contribution is -1.94. The minimum atomic E-state index is -0.455. The van der Waals surface area contributed by atoms with E-state index >= 15 is 0 Å². The van der Waals surface area contributed by atoms with Crippen LogP contribution in [0.3, 0.4) is 0 Å². The average molecular weight is 300 g/mol. The van der Waals surface area contributed by atoms with E-state index in [9.17, 15) is 10.1 Å². The van der Waals surface area contributed by atoms with Gasteiger partial charge in [-0.25, -0.2) is 4.68 Å². The van der Waals surface area contributed by atoms with Crippen LogP contribution in [0.5, 0.6) is 0 Å². The molecular weight excluding hydrogens is 290 g/mol.